The maximum absolute atomic E-state index is 13.6. The quantitative estimate of drug-likeness (QED) is 0.225. The topological polar surface area (TPSA) is 106 Å². The number of aromatic nitrogens is 2. The summed E-state index contributed by atoms with van der Waals surface area (Å²) >= 11 is 0. The van der Waals surface area contributed by atoms with Gasteiger partial charge in [0.25, 0.3) is 5.91 Å². The molecule has 0 saturated heterocycles. The molecule has 0 aliphatic carbocycles. The Bertz CT molecular complexity index is 1690. The number of amides is 1. The Balaban J connectivity index is 1.46. The number of benzene rings is 3. The van der Waals surface area contributed by atoms with Crippen LogP contribution in [0.3, 0.4) is 0 Å². The van der Waals surface area contributed by atoms with Gasteiger partial charge in [0.15, 0.2) is 11.5 Å². The summed E-state index contributed by atoms with van der Waals surface area (Å²) in [6.07, 6.45) is 6.14. The van der Waals surface area contributed by atoms with E-state index in [0.29, 0.717) is 45.8 Å². The highest BCUT2D eigenvalue weighted by Crippen LogP contribution is 2.29. The first-order valence-corrected chi connectivity index (χ1v) is 12.9. The number of H-pyrrole nitrogens is 1. The van der Waals surface area contributed by atoms with Gasteiger partial charge in [0.05, 0.1) is 50.8 Å². The van der Waals surface area contributed by atoms with Gasteiger partial charge in [-0.05, 0) is 66.1 Å². The molecule has 0 saturated carbocycles. The van der Waals surface area contributed by atoms with Gasteiger partial charge in [0.2, 0.25) is 0 Å². The number of ether oxygens (including phenoxy) is 3. The Labute approximate surface area is 232 Å². The minimum atomic E-state index is -0.480. The summed E-state index contributed by atoms with van der Waals surface area (Å²) in [7, 11) is 4.76. The molecule has 8 nitrogen and oxygen atoms in total. The summed E-state index contributed by atoms with van der Waals surface area (Å²) in [5, 5.41) is 14.9. The van der Waals surface area contributed by atoms with Crippen molar-refractivity contribution >= 4 is 39.9 Å². The third kappa shape index (κ3) is 5.62. The Morgan fingerprint density at radius 3 is 2.55 bits per heavy atom. The summed E-state index contributed by atoms with van der Waals surface area (Å²) in [4.78, 5) is 21.6. The Morgan fingerprint density at radius 2 is 1.77 bits per heavy atom. The summed E-state index contributed by atoms with van der Waals surface area (Å²) in [5.74, 6) is 1.57. The molecule has 2 aromatic heterocycles. The van der Waals surface area contributed by atoms with Crippen LogP contribution in [0, 0.1) is 0 Å². The third-order valence-corrected chi connectivity index (χ3v) is 6.83. The molecule has 0 fully saturated rings. The van der Waals surface area contributed by atoms with Gasteiger partial charge in [-0.2, -0.15) is 0 Å². The number of nitrogens with zero attached hydrogens (tertiary/aromatic N) is 1. The first kappa shape index (κ1) is 26.8. The molecule has 0 unspecified atom stereocenters. The molecule has 5 rings (SSSR count). The lowest BCUT2D eigenvalue weighted by atomic mass is 10.0. The molecule has 1 atom stereocenters. The number of rotatable bonds is 10. The van der Waals surface area contributed by atoms with Crippen LogP contribution in [-0.2, 0) is 6.42 Å². The molecule has 0 aliphatic heterocycles. The van der Waals surface area contributed by atoms with Crippen LogP contribution in [0.15, 0.2) is 72.9 Å². The fourth-order valence-electron chi connectivity index (χ4n) is 4.75. The van der Waals surface area contributed by atoms with Crippen LogP contribution in [-0.4, -0.2) is 55.0 Å². The van der Waals surface area contributed by atoms with Crippen LogP contribution in [0.2, 0.25) is 0 Å². The van der Waals surface area contributed by atoms with E-state index in [4.69, 9.17) is 19.2 Å². The fourth-order valence-corrected chi connectivity index (χ4v) is 4.75. The average molecular weight is 538 g/mol. The molecule has 3 aromatic carbocycles. The van der Waals surface area contributed by atoms with Gasteiger partial charge in [-0.3, -0.25) is 4.79 Å². The Hall–Kier alpha value is -4.82. The lowest BCUT2D eigenvalue weighted by Gasteiger charge is -2.17. The number of hydrogen-bond acceptors (Lipinski definition) is 6. The lowest BCUT2D eigenvalue weighted by Crippen LogP contribution is -2.39. The molecule has 0 bridgehead atoms. The van der Waals surface area contributed by atoms with Gasteiger partial charge in [-0.1, -0.05) is 30.3 Å². The smallest absolute Gasteiger partial charge is 0.252 e. The molecule has 204 valence electrons. The highest BCUT2D eigenvalue weighted by Gasteiger charge is 2.19. The second kappa shape index (κ2) is 11.9. The Kier molecular flexibility index (Phi) is 7.98. The van der Waals surface area contributed by atoms with Crippen molar-refractivity contribution in [3.63, 3.8) is 0 Å². The first-order chi connectivity index (χ1) is 19.5. The highest BCUT2D eigenvalue weighted by molar-refractivity contribution is 6.07. The van der Waals surface area contributed by atoms with Crippen molar-refractivity contribution in [2.45, 2.75) is 12.5 Å². The van der Waals surface area contributed by atoms with E-state index in [-0.39, 0.29) is 12.5 Å². The Morgan fingerprint density at radius 1 is 0.950 bits per heavy atom. The second-order valence-electron chi connectivity index (χ2n) is 9.34. The van der Waals surface area contributed by atoms with Crippen molar-refractivity contribution < 1.29 is 24.1 Å². The van der Waals surface area contributed by atoms with Gasteiger partial charge < -0.3 is 29.6 Å². The summed E-state index contributed by atoms with van der Waals surface area (Å²) < 4.78 is 16.1. The van der Waals surface area contributed by atoms with Crippen molar-refractivity contribution in [2.75, 3.05) is 27.9 Å². The normalized spacial score (nSPS) is 12.1. The number of fused-ring (bicyclic) bond motifs is 2. The number of methoxy groups -OCH3 is 3. The zero-order valence-corrected chi connectivity index (χ0v) is 22.6. The molecule has 2 heterocycles. The van der Waals surface area contributed by atoms with E-state index < -0.39 is 6.04 Å². The van der Waals surface area contributed by atoms with Gasteiger partial charge >= 0.3 is 0 Å². The number of carbonyl (C=O) groups is 1. The van der Waals surface area contributed by atoms with E-state index in [1.165, 1.54) is 0 Å². The summed E-state index contributed by atoms with van der Waals surface area (Å²) in [6.45, 7) is -0.205. The predicted octanol–water partition coefficient (Wildman–Crippen LogP) is 5.25. The van der Waals surface area contributed by atoms with E-state index in [1.807, 2.05) is 72.9 Å². The fraction of sp³-hybridized carbons (Fsp3) is 0.188. The number of carbonyl (C=O) groups excluding carboxylic acids is 1. The van der Waals surface area contributed by atoms with Gasteiger partial charge in [-0.25, -0.2) is 4.98 Å². The van der Waals surface area contributed by atoms with Crippen molar-refractivity contribution in [1.82, 2.24) is 15.3 Å². The minimum absolute atomic E-state index is 0.205. The number of pyridine rings is 1. The third-order valence-electron chi connectivity index (χ3n) is 6.83. The number of nitrogens with one attached hydrogen (secondary N) is 2. The molecular formula is C32H31N3O5. The molecule has 40 heavy (non-hydrogen) atoms. The van der Waals surface area contributed by atoms with Crippen LogP contribution in [0.4, 0.5) is 0 Å². The number of para-hydroxylation sites is 1. The maximum Gasteiger partial charge on any atom is 0.252 e. The largest absolute Gasteiger partial charge is 0.497 e. The monoisotopic (exact) mass is 537 g/mol. The van der Waals surface area contributed by atoms with Gasteiger partial charge in [0, 0.05) is 22.5 Å². The van der Waals surface area contributed by atoms with Gasteiger partial charge in [-0.15, -0.1) is 0 Å². The molecule has 1 amide bonds. The van der Waals surface area contributed by atoms with E-state index in [1.54, 1.807) is 33.5 Å². The molecule has 5 aromatic rings. The first-order valence-electron chi connectivity index (χ1n) is 12.9. The van der Waals surface area contributed by atoms with Crippen LogP contribution in [0.5, 0.6) is 17.2 Å². The highest BCUT2D eigenvalue weighted by atomic mass is 16.5. The molecule has 3 N–H and O–H groups in total. The standard InChI is InChI=1S/C32H31N3O5/c1-38-24-11-12-29-26(17-24)27(16-22(34-29)10-8-20-9-13-30(39-2)31(14-20)40-3)32(37)35-23(19-36)15-21-18-33-28-7-5-4-6-25(21)28/h4-14,16-18,23,33,36H,15,19H2,1-3H3,(H,35,37)/t23-/m1/s1. The molecular weight excluding hydrogens is 506 g/mol. The SMILES string of the molecule is COc1ccc2nc(C=Cc3ccc(OC)c(OC)c3)cc(C(=O)N[C@@H](CO)Cc3c[nH]c4ccccc34)c2c1. The van der Waals surface area contributed by atoms with Crippen LogP contribution in [0.25, 0.3) is 34.0 Å². The van der Waals surface area contributed by atoms with Crippen molar-refractivity contribution in [1.29, 1.82) is 0 Å². The molecule has 0 radical (unpaired) electrons. The van der Waals surface area contributed by atoms with Crippen molar-refractivity contribution in [3.8, 4) is 17.2 Å². The second-order valence-corrected chi connectivity index (χ2v) is 9.34. The van der Waals surface area contributed by atoms with Crippen LogP contribution < -0.4 is 19.5 Å². The van der Waals surface area contributed by atoms with Gasteiger partial charge in [0.1, 0.15) is 5.75 Å². The van der Waals surface area contributed by atoms with E-state index in [2.05, 4.69) is 10.3 Å². The van der Waals surface area contributed by atoms with Crippen LogP contribution in [0.1, 0.15) is 27.2 Å². The van der Waals surface area contributed by atoms with E-state index in [0.717, 1.165) is 22.0 Å². The van der Waals surface area contributed by atoms with E-state index in [9.17, 15) is 9.90 Å². The minimum Gasteiger partial charge on any atom is -0.497 e. The molecule has 0 aliphatic rings. The van der Waals surface area contributed by atoms with Crippen molar-refractivity contribution in [2.24, 2.45) is 0 Å². The van der Waals surface area contributed by atoms with Crippen LogP contribution >= 0.6 is 0 Å². The molecule has 0 spiro atoms. The predicted molar refractivity (Wildman–Crippen MR) is 157 cm³/mol. The number of aliphatic hydroxyl groups excluding tert-OH is 1. The summed E-state index contributed by atoms with van der Waals surface area (Å²) in [6, 6.07) is 20.3. The zero-order valence-electron chi connectivity index (χ0n) is 22.6. The number of aromatic amines is 1. The molecule has 8 heteroatoms. The average Bonchev–Trinajstić information content (AvgIpc) is 3.41. The van der Waals surface area contributed by atoms with Crippen molar-refractivity contribution in [3.05, 3.63) is 95.3 Å². The number of aliphatic hydroxyl groups is 1. The summed E-state index contributed by atoms with van der Waals surface area (Å²) in [5.41, 5.74) is 4.62. The maximum atomic E-state index is 13.6. The number of hydrogen-bond donors (Lipinski definition) is 3. The van der Waals surface area contributed by atoms with E-state index >= 15 is 0 Å². The lowest BCUT2D eigenvalue weighted by molar-refractivity contribution is 0.0918. The zero-order chi connectivity index (χ0) is 28.1.